The quantitative estimate of drug-likeness (QED) is 0.607. The fourth-order valence-electron chi connectivity index (χ4n) is 3.09. The van der Waals surface area contributed by atoms with Crippen LogP contribution in [0.4, 0.5) is 5.69 Å². The summed E-state index contributed by atoms with van der Waals surface area (Å²) >= 11 is 0. The van der Waals surface area contributed by atoms with Gasteiger partial charge in [-0.05, 0) is 62.2 Å². The molecule has 2 aromatic carbocycles. The van der Waals surface area contributed by atoms with Gasteiger partial charge in [0.2, 0.25) is 0 Å². The van der Waals surface area contributed by atoms with Crippen LogP contribution in [0.3, 0.4) is 0 Å². The van der Waals surface area contributed by atoms with Gasteiger partial charge in [-0.1, -0.05) is 24.3 Å². The van der Waals surface area contributed by atoms with Gasteiger partial charge in [0, 0.05) is 18.0 Å². The van der Waals surface area contributed by atoms with Crippen molar-refractivity contribution in [2.45, 2.75) is 26.8 Å². The molecule has 0 radical (unpaired) electrons. The van der Waals surface area contributed by atoms with Crippen LogP contribution >= 0.6 is 0 Å². The van der Waals surface area contributed by atoms with Gasteiger partial charge in [0.05, 0.1) is 23.9 Å². The number of nitrogens with one attached hydrogen (secondary N) is 2. The van der Waals surface area contributed by atoms with E-state index in [9.17, 15) is 9.59 Å². The van der Waals surface area contributed by atoms with Crippen LogP contribution in [0.1, 0.15) is 51.7 Å². The highest BCUT2D eigenvalue weighted by molar-refractivity contribution is 6.09. The monoisotopic (exact) mass is 403 g/mol. The molecule has 0 aliphatic heterocycles. The largest absolute Gasteiger partial charge is 0.494 e. The molecule has 0 spiro atoms. The lowest BCUT2D eigenvalue weighted by molar-refractivity contribution is 0.0940. The van der Waals surface area contributed by atoms with E-state index in [1.54, 1.807) is 36.7 Å². The number of rotatable bonds is 7. The Labute approximate surface area is 176 Å². The Bertz CT molecular complexity index is 1020. The third-order valence-corrected chi connectivity index (χ3v) is 4.74. The molecule has 154 valence electrons. The van der Waals surface area contributed by atoms with Gasteiger partial charge in [0.1, 0.15) is 5.75 Å². The molecular weight excluding hydrogens is 378 g/mol. The number of carbonyl (C=O) groups excluding carboxylic acids is 2. The van der Waals surface area contributed by atoms with Crippen LogP contribution in [0.25, 0.3) is 0 Å². The van der Waals surface area contributed by atoms with Crippen LogP contribution in [-0.2, 0) is 0 Å². The highest BCUT2D eigenvalue weighted by Crippen LogP contribution is 2.23. The highest BCUT2D eigenvalue weighted by Gasteiger charge is 2.18. The number of hydrogen-bond donors (Lipinski definition) is 2. The average Bonchev–Trinajstić information content (AvgIpc) is 2.76. The summed E-state index contributed by atoms with van der Waals surface area (Å²) in [6, 6.07) is 16.0. The molecule has 3 rings (SSSR count). The maximum Gasteiger partial charge on any atom is 0.255 e. The SMILES string of the molecule is CCOc1ccc(C(C)NC(=O)c2cccc(C)c2NC(=O)c2ccncc2)cc1. The molecular formula is C24H25N3O3. The number of aromatic nitrogens is 1. The minimum absolute atomic E-state index is 0.211. The van der Waals surface area contributed by atoms with Gasteiger partial charge in [-0.3, -0.25) is 14.6 Å². The standard InChI is InChI=1S/C24H25N3O3/c1-4-30-20-10-8-18(9-11-20)17(3)26-24(29)21-7-5-6-16(2)22(21)27-23(28)19-12-14-25-15-13-19/h5-15,17H,4H2,1-3H3,(H,26,29)(H,27,28). The van der Waals surface area contributed by atoms with Crippen molar-refractivity contribution < 1.29 is 14.3 Å². The molecule has 0 fully saturated rings. The maximum atomic E-state index is 13.0. The Morgan fingerprint density at radius 3 is 2.37 bits per heavy atom. The number of para-hydroxylation sites is 1. The number of nitrogens with zero attached hydrogens (tertiary/aromatic N) is 1. The lowest BCUT2D eigenvalue weighted by atomic mass is 10.0. The Balaban J connectivity index is 1.77. The van der Waals surface area contributed by atoms with Gasteiger partial charge in [-0.25, -0.2) is 0 Å². The van der Waals surface area contributed by atoms with E-state index < -0.39 is 0 Å². The summed E-state index contributed by atoms with van der Waals surface area (Å²) in [5.74, 6) is 0.241. The summed E-state index contributed by atoms with van der Waals surface area (Å²) in [6.45, 7) is 6.31. The molecule has 2 amide bonds. The number of hydrogen-bond acceptors (Lipinski definition) is 4. The fraction of sp³-hybridized carbons (Fsp3) is 0.208. The summed E-state index contributed by atoms with van der Waals surface area (Å²) < 4.78 is 5.46. The van der Waals surface area contributed by atoms with E-state index in [1.165, 1.54) is 0 Å². The van der Waals surface area contributed by atoms with E-state index >= 15 is 0 Å². The first-order valence-electron chi connectivity index (χ1n) is 9.84. The normalized spacial score (nSPS) is 11.4. The predicted molar refractivity (Wildman–Crippen MR) is 117 cm³/mol. The van der Waals surface area contributed by atoms with Crippen molar-refractivity contribution in [1.82, 2.24) is 10.3 Å². The van der Waals surface area contributed by atoms with Gasteiger partial charge < -0.3 is 15.4 Å². The molecule has 6 nitrogen and oxygen atoms in total. The van der Waals surface area contributed by atoms with E-state index in [1.807, 2.05) is 51.1 Å². The van der Waals surface area contributed by atoms with Gasteiger partial charge >= 0.3 is 0 Å². The van der Waals surface area contributed by atoms with E-state index in [0.29, 0.717) is 23.4 Å². The van der Waals surface area contributed by atoms with Crippen molar-refractivity contribution in [3.8, 4) is 5.75 Å². The van der Waals surface area contributed by atoms with Crippen LogP contribution in [0.2, 0.25) is 0 Å². The van der Waals surface area contributed by atoms with E-state index in [-0.39, 0.29) is 17.9 Å². The summed E-state index contributed by atoms with van der Waals surface area (Å²) in [4.78, 5) is 29.5. The second kappa shape index (κ2) is 9.69. The van der Waals surface area contributed by atoms with Crippen molar-refractivity contribution >= 4 is 17.5 Å². The van der Waals surface area contributed by atoms with Crippen LogP contribution in [0.5, 0.6) is 5.75 Å². The molecule has 0 saturated carbocycles. The fourth-order valence-corrected chi connectivity index (χ4v) is 3.09. The van der Waals surface area contributed by atoms with Crippen molar-refractivity contribution in [3.63, 3.8) is 0 Å². The van der Waals surface area contributed by atoms with Crippen LogP contribution in [0.15, 0.2) is 67.0 Å². The summed E-state index contributed by atoms with van der Waals surface area (Å²) in [5, 5.41) is 5.87. The second-order valence-corrected chi connectivity index (χ2v) is 6.88. The predicted octanol–water partition coefficient (Wildman–Crippen LogP) is 4.53. The first kappa shape index (κ1) is 21.0. The molecule has 1 atom stereocenters. The maximum absolute atomic E-state index is 13.0. The van der Waals surface area contributed by atoms with Crippen LogP contribution < -0.4 is 15.4 Å². The number of carbonyl (C=O) groups is 2. The van der Waals surface area contributed by atoms with Gasteiger partial charge in [-0.2, -0.15) is 0 Å². The molecule has 1 unspecified atom stereocenters. The number of pyridine rings is 1. The third-order valence-electron chi connectivity index (χ3n) is 4.74. The van der Waals surface area contributed by atoms with Crippen molar-refractivity contribution in [2.75, 3.05) is 11.9 Å². The highest BCUT2D eigenvalue weighted by atomic mass is 16.5. The topological polar surface area (TPSA) is 80.3 Å². The van der Waals surface area contributed by atoms with Crippen LogP contribution in [-0.4, -0.2) is 23.4 Å². The van der Waals surface area contributed by atoms with Crippen molar-refractivity contribution in [1.29, 1.82) is 0 Å². The Morgan fingerprint density at radius 2 is 1.70 bits per heavy atom. The summed E-state index contributed by atoms with van der Waals surface area (Å²) in [6.07, 6.45) is 3.11. The number of amides is 2. The smallest absolute Gasteiger partial charge is 0.255 e. The van der Waals surface area contributed by atoms with Gasteiger partial charge in [0.25, 0.3) is 11.8 Å². The molecule has 0 aliphatic carbocycles. The molecule has 0 bridgehead atoms. The lowest BCUT2D eigenvalue weighted by Crippen LogP contribution is -2.28. The zero-order valence-corrected chi connectivity index (χ0v) is 17.3. The number of anilines is 1. The minimum Gasteiger partial charge on any atom is -0.494 e. The van der Waals surface area contributed by atoms with E-state index in [4.69, 9.17) is 4.74 Å². The second-order valence-electron chi connectivity index (χ2n) is 6.88. The molecule has 3 aromatic rings. The first-order valence-corrected chi connectivity index (χ1v) is 9.84. The Morgan fingerprint density at radius 1 is 1.00 bits per heavy atom. The molecule has 1 heterocycles. The van der Waals surface area contributed by atoms with Crippen molar-refractivity contribution in [2.24, 2.45) is 0 Å². The molecule has 1 aromatic heterocycles. The minimum atomic E-state index is -0.291. The Kier molecular flexibility index (Phi) is 6.80. The van der Waals surface area contributed by atoms with E-state index in [0.717, 1.165) is 16.9 Å². The molecule has 2 N–H and O–H groups in total. The van der Waals surface area contributed by atoms with Crippen molar-refractivity contribution in [3.05, 3.63) is 89.2 Å². The van der Waals surface area contributed by atoms with Gasteiger partial charge in [0.15, 0.2) is 0 Å². The lowest BCUT2D eigenvalue weighted by Gasteiger charge is -2.18. The molecule has 0 saturated heterocycles. The zero-order valence-electron chi connectivity index (χ0n) is 17.3. The Hall–Kier alpha value is -3.67. The molecule has 6 heteroatoms. The third kappa shape index (κ3) is 5.03. The van der Waals surface area contributed by atoms with Crippen LogP contribution in [0, 0.1) is 6.92 Å². The number of benzene rings is 2. The number of aryl methyl sites for hydroxylation is 1. The molecule has 0 aliphatic rings. The van der Waals surface area contributed by atoms with E-state index in [2.05, 4.69) is 15.6 Å². The first-order chi connectivity index (χ1) is 14.5. The average molecular weight is 403 g/mol. The number of ether oxygens (including phenoxy) is 1. The van der Waals surface area contributed by atoms with Gasteiger partial charge in [-0.15, -0.1) is 0 Å². The summed E-state index contributed by atoms with van der Waals surface area (Å²) in [7, 11) is 0. The summed E-state index contributed by atoms with van der Waals surface area (Å²) in [5.41, 5.74) is 3.15. The molecule has 30 heavy (non-hydrogen) atoms. The zero-order chi connectivity index (χ0) is 21.5.